The van der Waals surface area contributed by atoms with E-state index in [1.54, 1.807) is 11.2 Å². The lowest BCUT2D eigenvalue weighted by atomic mass is 10.0. The molecule has 1 aliphatic rings. The Hall–Kier alpha value is -0.910. The molecule has 1 heterocycles. The summed E-state index contributed by atoms with van der Waals surface area (Å²) in [5.41, 5.74) is 2.57. The second-order valence-corrected chi connectivity index (χ2v) is 8.08. The van der Waals surface area contributed by atoms with Crippen molar-refractivity contribution in [1.82, 2.24) is 9.62 Å². The Morgan fingerprint density at radius 2 is 1.76 bits per heavy atom. The van der Waals surface area contributed by atoms with Gasteiger partial charge in [-0.2, -0.15) is 0 Å². The van der Waals surface area contributed by atoms with E-state index in [1.165, 1.54) is 11.1 Å². The van der Waals surface area contributed by atoms with Gasteiger partial charge in [0.2, 0.25) is 10.0 Å². The quantitative estimate of drug-likeness (QED) is 0.815. The third kappa shape index (κ3) is 4.05. The smallest absolute Gasteiger partial charge is 0.217 e. The first-order valence-electron chi connectivity index (χ1n) is 7.82. The summed E-state index contributed by atoms with van der Waals surface area (Å²) in [5, 5.41) is 2.84. The van der Waals surface area contributed by atoms with Gasteiger partial charge in [-0.05, 0) is 43.9 Å². The number of benzene rings is 1. The molecule has 0 aliphatic carbocycles. The Bertz CT molecular complexity index is 530. The van der Waals surface area contributed by atoms with Crippen molar-refractivity contribution in [1.29, 1.82) is 0 Å². The van der Waals surface area contributed by atoms with Crippen LogP contribution in [0.15, 0.2) is 24.3 Å². The number of nitrogens with one attached hydrogen (secondary N) is 1. The molecule has 118 valence electrons. The van der Waals surface area contributed by atoms with Crippen molar-refractivity contribution in [3.8, 4) is 0 Å². The van der Waals surface area contributed by atoms with Crippen molar-refractivity contribution in [3.63, 3.8) is 0 Å². The van der Waals surface area contributed by atoms with E-state index in [1.807, 2.05) is 12.1 Å². The van der Waals surface area contributed by atoms with Crippen LogP contribution in [-0.4, -0.2) is 44.2 Å². The van der Waals surface area contributed by atoms with Gasteiger partial charge in [0.05, 0.1) is 5.25 Å². The number of sulfonamides is 1. The largest absolute Gasteiger partial charge is 0.315 e. The first-order chi connectivity index (χ1) is 10.1. The van der Waals surface area contributed by atoms with Crippen molar-refractivity contribution in [2.24, 2.45) is 0 Å². The molecule has 2 rings (SSSR count). The maximum atomic E-state index is 12.7. The summed E-state index contributed by atoms with van der Waals surface area (Å²) < 4.78 is 27.0. The van der Waals surface area contributed by atoms with Crippen LogP contribution in [0.5, 0.6) is 0 Å². The molecule has 0 radical (unpaired) electrons. The minimum Gasteiger partial charge on any atom is -0.315 e. The molecular weight excluding hydrogens is 284 g/mol. The molecule has 0 bridgehead atoms. The van der Waals surface area contributed by atoms with E-state index in [4.69, 9.17) is 0 Å². The van der Waals surface area contributed by atoms with E-state index >= 15 is 0 Å². The standard InChI is InChI=1S/C16H26N2O2S/c1-3-10-17-13-14(2)21(19,20)18-11-8-15-6-4-5-7-16(15)9-12-18/h4-7,14,17H,3,8-13H2,1-2H3. The van der Waals surface area contributed by atoms with Crippen molar-refractivity contribution in [3.05, 3.63) is 35.4 Å². The monoisotopic (exact) mass is 310 g/mol. The maximum absolute atomic E-state index is 12.7. The molecule has 0 aromatic heterocycles. The van der Waals surface area contributed by atoms with Crippen LogP contribution < -0.4 is 5.32 Å². The first kappa shape index (κ1) is 16.5. The lowest BCUT2D eigenvalue weighted by Gasteiger charge is -2.24. The second-order valence-electron chi connectivity index (χ2n) is 5.73. The van der Waals surface area contributed by atoms with Crippen LogP contribution in [0.4, 0.5) is 0 Å². The molecule has 1 atom stereocenters. The van der Waals surface area contributed by atoms with Gasteiger partial charge < -0.3 is 5.32 Å². The van der Waals surface area contributed by atoms with E-state index in [0.29, 0.717) is 19.6 Å². The van der Waals surface area contributed by atoms with Gasteiger partial charge in [-0.3, -0.25) is 0 Å². The molecule has 0 amide bonds. The second kappa shape index (κ2) is 7.38. The molecule has 1 aliphatic heterocycles. The summed E-state index contributed by atoms with van der Waals surface area (Å²) in [4.78, 5) is 0. The van der Waals surface area contributed by atoms with Crippen LogP contribution in [0, 0.1) is 0 Å². The maximum Gasteiger partial charge on any atom is 0.217 e. The number of hydrogen-bond donors (Lipinski definition) is 1. The average molecular weight is 310 g/mol. The van der Waals surface area contributed by atoms with Gasteiger partial charge in [-0.25, -0.2) is 12.7 Å². The van der Waals surface area contributed by atoms with Gasteiger partial charge in [-0.15, -0.1) is 0 Å². The highest BCUT2D eigenvalue weighted by molar-refractivity contribution is 7.89. The molecule has 0 saturated heterocycles. The lowest BCUT2D eigenvalue weighted by molar-refractivity contribution is 0.417. The third-order valence-corrected chi connectivity index (χ3v) is 6.37. The number of hydrogen-bond acceptors (Lipinski definition) is 3. The zero-order chi connectivity index (χ0) is 15.3. The molecule has 5 heteroatoms. The Balaban J connectivity index is 2.02. The van der Waals surface area contributed by atoms with E-state index in [2.05, 4.69) is 24.4 Å². The zero-order valence-corrected chi connectivity index (χ0v) is 13.8. The third-order valence-electron chi connectivity index (χ3n) is 4.11. The predicted molar refractivity (Wildman–Crippen MR) is 87.0 cm³/mol. The van der Waals surface area contributed by atoms with Crippen molar-refractivity contribution < 1.29 is 8.42 Å². The Morgan fingerprint density at radius 3 is 2.29 bits per heavy atom. The minimum absolute atomic E-state index is 0.370. The molecule has 0 fully saturated rings. The summed E-state index contributed by atoms with van der Waals surface area (Å²) in [7, 11) is -3.21. The summed E-state index contributed by atoms with van der Waals surface area (Å²) >= 11 is 0. The molecule has 1 unspecified atom stereocenters. The SMILES string of the molecule is CCCNCC(C)S(=O)(=O)N1CCc2ccccc2CC1. The molecule has 4 nitrogen and oxygen atoms in total. The lowest BCUT2D eigenvalue weighted by Crippen LogP contribution is -2.43. The Kier molecular flexibility index (Phi) is 5.79. The number of nitrogens with zero attached hydrogens (tertiary/aromatic N) is 1. The predicted octanol–water partition coefficient (Wildman–Crippen LogP) is 1.81. The normalized spacial score (nSPS) is 18.0. The topological polar surface area (TPSA) is 49.4 Å². The fraction of sp³-hybridized carbons (Fsp3) is 0.625. The van der Waals surface area contributed by atoms with E-state index in [-0.39, 0.29) is 5.25 Å². The van der Waals surface area contributed by atoms with Crippen LogP contribution in [0.1, 0.15) is 31.4 Å². The summed E-state index contributed by atoms with van der Waals surface area (Å²) in [6.45, 7) is 6.47. The van der Waals surface area contributed by atoms with E-state index in [9.17, 15) is 8.42 Å². The molecular formula is C16H26N2O2S. The number of rotatable bonds is 6. The molecule has 1 N–H and O–H groups in total. The molecule has 1 aromatic rings. The van der Waals surface area contributed by atoms with Crippen LogP contribution in [0.2, 0.25) is 0 Å². The zero-order valence-electron chi connectivity index (χ0n) is 13.0. The highest BCUT2D eigenvalue weighted by Crippen LogP contribution is 2.19. The van der Waals surface area contributed by atoms with Gasteiger partial charge in [0.1, 0.15) is 0 Å². The van der Waals surface area contributed by atoms with E-state index < -0.39 is 10.0 Å². The summed E-state index contributed by atoms with van der Waals surface area (Å²) in [6, 6.07) is 8.27. The highest BCUT2D eigenvalue weighted by Gasteiger charge is 2.29. The molecule has 1 aromatic carbocycles. The fourth-order valence-corrected chi connectivity index (χ4v) is 4.27. The fourth-order valence-electron chi connectivity index (χ4n) is 2.74. The van der Waals surface area contributed by atoms with E-state index in [0.717, 1.165) is 25.8 Å². The Labute approximate surface area is 128 Å². The highest BCUT2D eigenvalue weighted by atomic mass is 32.2. The molecule has 21 heavy (non-hydrogen) atoms. The van der Waals surface area contributed by atoms with Crippen LogP contribution >= 0.6 is 0 Å². The molecule has 0 saturated carbocycles. The average Bonchev–Trinajstić information content (AvgIpc) is 2.70. The van der Waals surface area contributed by atoms with Crippen LogP contribution in [-0.2, 0) is 22.9 Å². The Morgan fingerprint density at radius 1 is 1.19 bits per heavy atom. The first-order valence-corrected chi connectivity index (χ1v) is 9.32. The van der Waals surface area contributed by atoms with Crippen molar-refractivity contribution in [2.45, 2.75) is 38.4 Å². The van der Waals surface area contributed by atoms with Gasteiger partial charge in [0.15, 0.2) is 0 Å². The van der Waals surface area contributed by atoms with Crippen molar-refractivity contribution in [2.75, 3.05) is 26.2 Å². The van der Waals surface area contributed by atoms with Gasteiger partial charge in [0, 0.05) is 19.6 Å². The van der Waals surface area contributed by atoms with Crippen molar-refractivity contribution >= 4 is 10.0 Å². The number of fused-ring (bicyclic) bond motifs is 1. The summed E-state index contributed by atoms with van der Waals surface area (Å²) in [6.07, 6.45) is 2.64. The van der Waals surface area contributed by atoms with Crippen LogP contribution in [0.3, 0.4) is 0 Å². The minimum atomic E-state index is -3.21. The summed E-state index contributed by atoms with van der Waals surface area (Å²) in [5.74, 6) is 0. The van der Waals surface area contributed by atoms with Crippen LogP contribution in [0.25, 0.3) is 0 Å². The molecule has 0 spiro atoms. The van der Waals surface area contributed by atoms with Gasteiger partial charge >= 0.3 is 0 Å². The van der Waals surface area contributed by atoms with Gasteiger partial charge in [-0.1, -0.05) is 31.2 Å². The van der Waals surface area contributed by atoms with Gasteiger partial charge in [0.25, 0.3) is 0 Å².